The summed E-state index contributed by atoms with van der Waals surface area (Å²) in [5.74, 6) is -0.444. The molecule has 0 aromatic carbocycles. The first-order valence-electron chi connectivity index (χ1n) is 4.73. The molecule has 0 aliphatic heterocycles. The van der Waals surface area contributed by atoms with Gasteiger partial charge in [-0.15, -0.1) is 0 Å². The molecule has 0 aliphatic rings. The molecule has 6 heteroatoms. The fraction of sp³-hybridized carbons (Fsp3) is 0.200. The maximum atomic E-state index is 11.0. The monoisotopic (exact) mass is 239 g/mol. The van der Waals surface area contributed by atoms with Crippen LogP contribution in [0.2, 0.25) is 5.02 Å². The number of hydrogen-bond acceptors (Lipinski definition) is 3. The molecule has 84 valence electrons. The van der Waals surface area contributed by atoms with E-state index in [0.717, 1.165) is 0 Å². The Bertz CT molecular complexity index is 550. The van der Waals surface area contributed by atoms with Gasteiger partial charge in [0.2, 0.25) is 0 Å². The van der Waals surface area contributed by atoms with Crippen molar-refractivity contribution in [2.75, 3.05) is 6.54 Å². The molecular formula is C10H10ClN3O2. The molecule has 2 rings (SSSR count). The van der Waals surface area contributed by atoms with Crippen LogP contribution in [0.5, 0.6) is 0 Å². The van der Waals surface area contributed by atoms with Gasteiger partial charge >= 0.3 is 5.97 Å². The van der Waals surface area contributed by atoms with E-state index in [0.29, 0.717) is 29.3 Å². The lowest BCUT2D eigenvalue weighted by Crippen LogP contribution is -2.06. The van der Waals surface area contributed by atoms with Gasteiger partial charge in [-0.05, 0) is 18.7 Å². The molecule has 0 spiro atoms. The Balaban J connectivity index is 2.71. The highest BCUT2D eigenvalue weighted by atomic mass is 35.5. The normalized spacial score (nSPS) is 10.9. The van der Waals surface area contributed by atoms with Gasteiger partial charge in [0.05, 0.1) is 10.5 Å². The number of hydrogen-bond donors (Lipinski definition) is 2. The number of nitrogens with zero attached hydrogens (tertiary/aromatic N) is 2. The number of fused-ring (bicyclic) bond motifs is 1. The number of imidazole rings is 1. The second-order valence-electron chi connectivity index (χ2n) is 3.32. The molecule has 0 fully saturated rings. The SMILES string of the molecule is NCCc1nc(C(=O)O)c2ccc(Cl)cn12. The van der Waals surface area contributed by atoms with E-state index in [-0.39, 0.29) is 5.69 Å². The summed E-state index contributed by atoms with van der Waals surface area (Å²) in [7, 11) is 0. The van der Waals surface area contributed by atoms with Crippen LogP contribution in [0.1, 0.15) is 16.3 Å². The second-order valence-corrected chi connectivity index (χ2v) is 3.76. The van der Waals surface area contributed by atoms with Crippen molar-refractivity contribution in [1.29, 1.82) is 0 Å². The standard InChI is InChI=1S/C10H10ClN3O2/c11-6-1-2-7-9(10(15)16)13-8(3-4-12)14(7)5-6/h1-2,5H,3-4,12H2,(H,15,16). The lowest BCUT2D eigenvalue weighted by Gasteiger charge is -1.99. The van der Waals surface area contributed by atoms with Gasteiger partial charge in [0, 0.05) is 12.6 Å². The first-order valence-corrected chi connectivity index (χ1v) is 5.11. The zero-order valence-corrected chi connectivity index (χ0v) is 9.11. The molecule has 2 aromatic rings. The molecule has 0 unspecified atom stereocenters. The fourth-order valence-electron chi connectivity index (χ4n) is 1.58. The third kappa shape index (κ3) is 1.75. The first-order chi connectivity index (χ1) is 7.63. The maximum Gasteiger partial charge on any atom is 0.356 e. The Kier molecular flexibility index (Phi) is 2.80. The molecule has 0 aliphatic carbocycles. The van der Waals surface area contributed by atoms with E-state index >= 15 is 0 Å². The minimum absolute atomic E-state index is 0.0279. The summed E-state index contributed by atoms with van der Waals surface area (Å²) in [6.07, 6.45) is 2.15. The minimum atomic E-state index is -1.05. The van der Waals surface area contributed by atoms with E-state index in [1.165, 1.54) is 0 Å². The molecule has 3 N–H and O–H groups in total. The lowest BCUT2D eigenvalue weighted by atomic mass is 10.3. The summed E-state index contributed by atoms with van der Waals surface area (Å²) in [6, 6.07) is 3.27. The Morgan fingerprint density at radius 3 is 2.94 bits per heavy atom. The molecule has 0 bridgehead atoms. The van der Waals surface area contributed by atoms with Gasteiger partial charge < -0.3 is 15.2 Å². The van der Waals surface area contributed by atoms with Crippen LogP contribution in [0.25, 0.3) is 5.52 Å². The molecule has 0 saturated heterocycles. The Hall–Kier alpha value is -1.59. The predicted molar refractivity (Wildman–Crippen MR) is 59.9 cm³/mol. The number of aromatic nitrogens is 2. The van der Waals surface area contributed by atoms with Crippen molar-refractivity contribution in [3.8, 4) is 0 Å². The van der Waals surface area contributed by atoms with Gasteiger partial charge in [0.15, 0.2) is 5.69 Å². The van der Waals surface area contributed by atoms with Crippen molar-refractivity contribution in [3.63, 3.8) is 0 Å². The molecule has 2 heterocycles. The third-order valence-electron chi connectivity index (χ3n) is 2.24. The Morgan fingerprint density at radius 1 is 1.56 bits per heavy atom. The van der Waals surface area contributed by atoms with E-state index in [1.54, 1.807) is 22.7 Å². The molecular weight excluding hydrogens is 230 g/mol. The molecule has 2 aromatic heterocycles. The summed E-state index contributed by atoms with van der Waals surface area (Å²) in [6.45, 7) is 0.407. The zero-order valence-electron chi connectivity index (χ0n) is 8.35. The van der Waals surface area contributed by atoms with Crippen LogP contribution >= 0.6 is 11.6 Å². The first kappa shape index (κ1) is 10.9. The van der Waals surface area contributed by atoms with Crippen LogP contribution < -0.4 is 5.73 Å². The number of aromatic carboxylic acids is 1. The summed E-state index contributed by atoms with van der Waals surface area (Å²) >= 11 is 5.85. The Labute approximate surface area is 96.5 Å². The van der Waals surface area contributed by atoms with Gasteiger partial charge in [0.25, 0.3) is 0 Å². The number of rotatable bonds is 3. The predicted octanol–water partition coefficient (Wildman–Crippen LogP) is 1.19. The van der Waals surface area contributed by atoms with Gasteiger partial charge in [-0.2, -0.15) is 0 Å². The fourth-order valence-corrected chi connectivity index (χ4v) is 1.74. The van der Waals surface area contributed by atoms with Crippen molar-refractivity contribution < 1.29 is 9.90 Å². The average molecular weight is 240 g/mol. The molecule has 0 atom stereocenters. The van der Waals surface area contributed by atoms with Crippen molar-refractivity contribution in [2.45, 2.75) is 6.42 Å². The minimum Gasteiger partial charge on any atom is -0.476 e. The van der Waals surface area contributed by atoms with Crippen LogP contribution in [-0.4, -0.2) is 27.0 Å². The highest BCUT2D eigenvalue weighted by Gasteiger charge is 2.15. The van der Waals surface area contributed by atoms with Crippen LogP contribution in [0, 0.1) is 0 Å². The Morgan fingerprint density at radius 2 is 2.31 bits per heavy atom. The number of carboxylic acids is 1. The number of carboxylic acid groups (broad SMARTS) is 1. The number of carbonyl (C=O) groups is 1. The van der Waals surface area contributed by atoms with E-state index in [2.05, 4.69) is 4.98 Å². The van der Waals surface area contributed by atoms with Crippen LogP contribution in [0.3, 0.4) is 0 Å². The largest absolute Gasteiger partial charge is 0.476 e. The molecule has 16 heavy (non-hydrogen) atoms. The summed E-state index contributed by atoms with van der Waals surface area (Å²) in [4.78, 5) is 15.0. The summed E-state index contributed by atoms with van der Waals surface area (Å²) in [5.41, 5.74) is 6.00. The second kappa shape index (κ2) is 4.11. The number of nitrogens with two attached hydrogens (primary N) is 1. The van der Waals surface area contributed by atoms with Crippen LogP contribution in [0.4, 0.5) is 0 Å². The van der Waals surface area contributed by atoms with Gasteiger partial charge in [-0.1, -0.05) is 11.6 Å². The third-order valence-corrected chi connectivity index (χ3v) is 2.47. The van der Waals surface area contributed by atoms with Crippen molar-refractivity contribution in [2.24, 2.45) is 5.73 Å². The van der Waals surface area contributed by atoms with E-state index < -0.39 is 5.97 Å². The zero-order chi connectivity index (χ0) is 11.7. The van der Waals surface area contributed by atoms with Crippen molar-refractivity contribution in [1.82, 2.24) is 9.38 Å². The van der Waals surface area contributed by atoms with Crippen molar-refractivity contribution >= 4 is 23.1 Å². The summed E-state index contributed by atoms with van der Waals surface area (Å²) < 4.78 is 1.67. The number of halogens is 1. The lowest BCUT2D eigenvalue weighted by molar-refractivity contribution is 0.0693. The molecule has 0 saturated carbocycles. The van der Waals surface area contributed by atoms with Crippen molar-refractivity contribution in [3.05, 3.63) is 34.9 Å². The van der Waals surface area contributed by atoms with Gasteiger partial charge in [0.1, 0.15) is 5.82 Å². The highest BCUT2D eigenvalue weighted by Crippen LogP contribution is 2.17. The van der Waals surface area contributed by atoms with Crippen LogP contribution in [-0.2, 0) is 6.42 Å². The molecule has 0 amide bonds. The maximum absolute atomic E-state index is 11.0. The number of pyridine rings is 1. The van der Waals surface area contributed by atoms with Gasteiger partial charge in [-0.25, -0.2) is 9.78 Å². The molecule has 5 nitrogen and oxygen atoms in total. The van der Waals surface area contributed by atoms with Crippen LogP contribution in [0.15, 0.2) is 18.3 Å². The molecule has 0 radical (unpaired) electrons. The van der Waals surface area contributed by atoms with E-state index in [1.807, 2.05) is 0 Å². The quantitative estimate of drug-likeness (QED) is 0.843. The van der Waals surface area contributed by atoms with E-state index in [9.17, 15) is 4.79 Å². The topological polar surface area (TPSA) is 80.6 Å². The highest BCUT2D eigenvalue weighted by molar-refractivity contribution is 6.30. The van der Waals surface area contributed by atoms with E-state index in [4.69, 9.17) is 22.4 Å². The average Bonchev–Trinajstić information content (AvgIpc) is 2.58. The summed E-state index contributed by atoms with van der Waals surface area (Å²) in [5, 5.41) is 9.52. The van der Waals surface area contributed by atoms with Gasteiger partial charge in [-0.3, -0.25) is 0 Å². The smallest absolute Gasteiger partial charge is 0.356 e.